The molecule has 0 bridgehead atoms. The fourth-order valence-corrected chi connectivity index (χ4v) is 2.56. The van der Waals surface area contributed by atoms with Gasteiger partial charge in [-0.15, -0.1) is 0 Å². The van der Waals surface area contributed by atoms with Gasteiger partial charge in [0.05, 0.1) is 0 Å². The van der Waals surface area contributed by atoms with Gasteiger partial charge in [0.25, 0.3) is 5.76 Å². The summed E-state index contributed by atoms with van der Waals surface area (Å²) in [6.45, 7) is 0.533. The zero-order chi connectivity index (χ0) is 16.8. The summed E-state index contributed by atoms with van der Waals surface area (Å²) in [5.74, 6) is -2.71. The Balaban J connectivity index is 1.91. The Morgan fingerprint density at radius 2 is 1.74 bits per heavy atom. The number of nitrogens with one attached hydrogen (secondary N) is 1. The zero-order valence-electron chi connectivity index (χ0n) is 12.3. The molecule has 0 spiro atoms. The monoisotopic (exact) mass is 356 g/mol. The molecular weight excluding hydrogens is 341 g/mol. The van der Waals surface area contributed by atoms with Crippen molar-refractivity contribution in [3.63, 3.8) is 0 Å². The van der Waals surface area contributed by atoms with Crippen LogP contribution >= 0.6 is 24.0 Å². The maximum atomic E-state index is 12.9. The molecule has 122 valence electrons. The summed E-state index contributed by atoms with van der Waals surface area (Å²) >= 11 is 5.80. The van der Waals surface area contributed by atoms with Gasteiger partial charge in [0.15, 0.2) is 5.11 Å². The van der Waals surface area contributed by atoms with Crippen LogP contribution in [-0.4, -0.2) is 22.8 Å². The number of halogens is 3. The molecule has 1 N–H and O–H groups in total. The van der Waals surface area contributed by atoms with E-state index in [0.29, 0.717) is 28.3 Å². The smallest absolute Gasteiger partial charge is 0.288 e. The molecule has 0 saturated heterocycles. The summed E-state index contributed by atoms with van der Waals surface area (Å²) in [6, 6.07) is 12.8. The van der Waals surface area contributed by atoms with Gasteiger partial charge < -0.3 is 10.2 Å². The number of alkyl halides is 2. The Kier molecular flexibility index (Phi) is 6.29. The molecule has 0 aliphatic heterocycles. The Bertz CT molecular complexity index is 645. The minimum absolute atomic E-state index is 0.279. The molecule has 0 aromatic heterocycles. The molecule has 0 saturated carbocycles. The van der Waals surface area contributed by atoms with E-state index in [0.717, 1.165) is 11.3 Å². The number of anilines is 1. The minimum Gasteiger partial charge on any atom is -0.348 e. The molecule has 7 heteroatoms. The average molecular weight is 356 g/mol. The lowest BCUT2D eigenvalue weighted by Crippen LogP contribution is -2.30. The highest BCUT2D eigenvalue weighted by Crippen LogP contribution is 2.26. The first-order chi connectivity index (χ1) is 10.9. The Labute approximate surface area is 142 Å². The van der Waals surface area contributed by atoms with Crippen molar-refractivity contribution in [1.82, 2.24) is 4.90 Å². The fourth-order valence-electron chi connectivity index (χ4n) is 1.87. The van der Waals surface area contributed by atoms with Crippen LogP contribution in [0.4, 0.5) is 18.9 Å². The van der Waals surface area contributed by atoms with Crippen LogP contribution in [0.1, 0.15) is 5.56 Å². The Morgan fingerprint density at radius 3 is 2.30 bits per heavy atom. The summed E-state index contributed by atoms with van der Waals surface area (Å²) < 4.78 is 37.4. The molecule has 0 heterocycles. The average Bonchev–Trinajstić information content (AvgIpc) is 2.51. The summed E-state index contributed by atoms with van der Waals surface area (Å²) in [7, 11) is 1.82. The van der Waals surface area contributed by atoms with Crippen molar-refractivity contribution < 1.29 is 13.2 Å². The number of hydrogen-bond donors (Lipinski definition) is 1. The minimum atomic E-state index is -2.43. The maximum Gasteiger partial charge on any atom is 0.288 e. The molecule has 0 atom stereocenters. The predicted molar refractivity (Wildman–Crippen MR) is 92.4 cm³/mol. The van der Waals surface area contributed by atoms with E-state index in [1.54, 1.807) is 36.4 Å². The predicted octanol–water partition coefficient (Wildman–Crippen LogP) is 4.97. The van der Waals surface area contributed by atoms with Gasteiger partial charge in [-0.05, 0) is 54.2 Å². The molecule has 2 aromatic rings. The highest BCUT2D eigenvalue weighted by atomic mass is 32.2. The highest BCUT2D eigenvalue weighted by Gasteiger charge is 2.08. The van der Waals surface area contributed by atoms with Crippen molar-refractivity contribution in [1.29, 1.82) is 0 Å². The van der Waals surface area contributed by atoms with Gasteiger partial charge in [-0.2, -0.15) is 8.78 Å². The van der Waals surface area contributed by atoms with Gasteiger partial charge in [0.1, 0.15) is 5.82 Å². The molecule has 0 aliphatic carbocycles. The number of nitrogens with zero attached hydrogens (tertiary/aromatic N) is 1. The van der Waals surface area contributed by atoms with Crippen LogP contribution in [0.25, 0.3) is 0 Å². The quantitative estimate of drug-likeness (QED) is 0.601. The Morgan fingerprint density at radius 1 is 1.13 bits per heavy atom. The standard InChI is InChI=1S/C16H15F3N2S2/c1-21(10-11-2-4-12(17)5-3-11)16(22)20-13-6-8-14(9-7-13)23-15(18)19/h2-9,15H,10H2,1H3,(H,20,22). The summed E-state index contributed by atoms with van der Waals surface area (Å²) in [4.78, 5) is 2.31. The van der Waals surface area contributed by atoms with Gasteiger partial charge >= 0.3 is 0 Å². The van der Waals surface area contributed by atoms with Crippen molar-refractivity contribution >= 4 is 34.8 Å². The molecular formula is C16H15F3N2S2. The van der Waals surface area contributed by atoms with Gasteiger partial charge in [0.2, 0.25) is 0 Å². The normalized spacial score (nSPS) is 10.7. The third kappa shape index (κ3) is 5.76. The number of rotatable bonds is 5. The third-order valence-corrected chi connectivity index (χ3v) is 4.15. The van der Waals surface area contributed by atoms with Crippen LogP contribution in [-0.2, 0) is 6.54 Å². The highest BCUT2D eigenvalue weighted by molar-refractivity contribution is 7.99. The van der Waals surface area contributed by atoms with Crippen molar-refractivity contribution in [3.05, 3.63) is 59.9 Å². The fraction of sp³-hybridized carbons (Fsp3) is 0.188. The molecule has 2 rings (SSSR count). The van der Waals surface area contributed by atoms with Crippen LogP contribution in [0.15, 0.2) is 53.4 Å². The van der Waals surface area contributed by atoms with E-state index in [2.05, 4.69) is 5.32 Å². The molecule has 0 fully saturated rings. The van der Waals surface area contributed by atoms with Crippen molar-refractivity contribution in [2.24, 2.45) is 0 Å². The van der Waals surface area contributed by atoms with Crippen LogP contribution < -0.4 is 5.32 Å². The van der Waals surface area contributed by atoms with E-state index in [9.17, 15) is 13.2 Å². The number of thiocarbonyl (C=S) groups is 1. The molecule has 0 aliphatic rings. The first kappa shape index (κ1) is 17.6. The van der Waals surface area contributed by atoms with E-state index in [1.807, 2.05) is 11.9 Å². The molecule has 23 heavy (non-hydrogen) atoms. The third-order valence-electron chi connectivity index (χ3n) is 3.01. The van der Waals surface area contributed by atoms with E-state index in [1.165, 1.54) is 12.1 Å². The molecule has 2 nitrogen and oxygen atoms in total. The second kappa shape index (κ2) is 8.21. The van der Waals surface area contributed by atoms with E-state index >= 15 is 0 Å². The molecule has 0 radical (unpaired) electrons. The Hall–Kier alpha value is -1.73. The summed E-state index contributed by atoms with van der Waals surface area (Å²) in [6.07, 6.45) is 0. The molecule has 2 aromatic carbocycles. The van der Waals surface area contributed by atoms with Gasteiger partial charge in [0, 0.05) is 24.2 Å². The van der Waals surface area contributed by atoms with E-state index in [-0.39, 0.29) is 5.82 Å². The largest absolute Gasteiger partial charge is 0.348 e. The van der Waals surface area contributed by atoms with Crippen LogP contribution in [0, 0.1) is 5.82 Å². The van der Waals surface area contributed by atoms with Crippen molar-refractivity contribution in [2.45, 2.75) is 17.2 Å². The molecule has 0 unspecified atom stereocenters. The summed E-state index contributed by atoms with van der Waals surface area (Å²) in [5, 5.41) is 3.53. The van der Waals surface area contributed by atoms with Crippen molar-refractivity contribution in [2.75, 3.05) is 12.4 Å². The van der Waals surface area contributed by atoms with E-state index in [4.69, 9.17) is 12.2 Å². The lowest BCUT2D eigenvalue weighted by atomic mass is 10.2. The van der Waals surface area contributed by atoms with Crippen molar-refractivity contribution in [3.8, 4) is 0 Å². The topological polar surface area (TPSA) is 15.3 Å². The van der Waals surface area contributed by atoms with Gasteiger partial charge in [-0.3, -0.25) is 0 Å². The van der Waals surface area contributed by atoms with Crippen LogP contribution in [0.3, 0.4) is 0 Å². The van der Waals surface area contributed by atoms with Crippen LogP contribution in [0.5, 0.6) is 0 Å². The second-order valence-corrected chi connectivity index (χ2v) is 6.27. The van der Waals surface area contributed by atoms with Gasteiger partial charge in [-0.1, -0.05) is 23.9 Å². The first-order valence-electron chi connectivity index (χ1n) is 6.75. The number of thioether (sulfide) groups is 1. The maximum absolute atomic E-state index is 12.9. The number of benzene rings is 2. The second-order valence-electron chi connectivity index (χ2n) is 4.82. The van der Waals surface area contributed by atoms with E-state index < -0.39 is 5.76 Å². The first-order valence-corrected chi connectivity index (χ1v) is 8.04. The SMILES string of the molecule is CN(Cc1ccc(F)cc1)C(=S)Nc1ccc(SC(F)F)cc1. The number of hydrogen-bond acceptors (Lipinski definition) is 2. The van der Waals surface area contributed by atoms with Gasteiger partial charge in [-0.25, -0.2) is 4.39 Å². The zero-order valence-corrected chi connectivity index (χ0v) is 13.9. The molecule has 0 amide bonds. The summed E-state index contributed by atoms with van der Waals surface area (Å²) in [5.41, 5.74) is 1.65. The lowest BCUT2D eigenvalue weighted by Gasteiger charge is -2.21. The van der Waals surface area contributed by atoms with Crippen LogP contribution in [0.2, 0.25) is 0 Å². The lowest BCUT2D eigenvalue weighted by molar-refractivity contribution is 0.252.